The van der Waals surface area contributed by atoms with Crippen LogP contribution in [0.5, 0.6) is 0 Å². The highest BCUT2D eigenvalue weighted by Crippen LogP contribution is 2.39. The highest BCUT2D eigenvalue weighted by Gasteiger charge is 2.46. The molecule has 0 unspecified atom stereocenters. The van der Waals surface area contributed by atoms with E-state index in [-0.39, 0.29) is 10.5 Å². The van der Waals surface area contributed by atoms with Crippen LogP contribution in [0.3, 0.4) is 0 Å². The van der Waals surface area contributed by atoms with Crippen LogP contribution in [0.15, 0.2) is 23.1 Å². The van der Waals surface area contributed by atoms with Crippen LogP contribution in [0.2, 0.25) is 0 Å². The van der Waals surface area contributed by atoms with E-state index >= 15 is 0 Å². The molecule has 8 heteroatoms. The lowest BCUT2D eigenvalue weighted by molar-refractivity contribution is -0.0328. The Balaban J connectivity index is 1.43. The van der Waals surface area contributed by atoms with Crippen molar-refractivity contribution in [3.8, 4) is 6.07 Å². The van der Waals surface area contributed by atoms with Crippen molar-refractivity contribution in [3.05, 3.63) is 29.3 Å². The monoisotopic (exact) mass is 405 g/mol. The summed E-state index contributed by atoms with van der Waals surface area (Å²) in [7, 11) is -3.61. The zero-order chi connectivity index (χ0) is 19.8. The minimum atomic E-state index is -3.61. The topological polar surface area (TPSA) is 82.9 Å². The predicted molar refractivity (Wildman–Crippen MR) is 103 cm³/mol. The molecule has 1 atom stereocenters. The summed E-state index contributed by atoms with van der Waals surface area (Å²) < 4.78 is 39.5. The van der Waals surface area contributed by atoms with E-state index in [2.05, 4.69) is 4.90 Å². The maximum atomic E-state index is 13.1. The zero-order valence-corrected chi connectivity index (χ0v) is 17.1. The fraction of sp³-hybridized carbons (Fsp3) is 0.650. The third kappa shape index (κ3) is 3.70. The van der Waals surface area contributed by atoms with Crippen molar-refractivity contribution >= 4 is 10.0 Å². The quantitative estimate of drug-likeness (QED) is 0.758. The van der Waals surface area contributed by atoms with Gasteiger partial charge in [0.25, 0.3) is 0 Å². The van der Waals surface area contributed by atoms with Gasteiger partial charge < -0.3 is 9.47 Å². The summed E-state index contributed by atoms with van der Waals surface area (Å²) in [4.78, 5) is 2.68. The van der Waals surface area contributed by atoms with Gasteiger partial charge in [-0.3, -0.25) is 4.90 Å². The number of ether oxygens (including phenoxy) is 2. The number of benzene rings is 1. The first-order chi connectivity index (χ1) is 13.4. The van der Waals surface area contributed by atoms with Gasteiger partial charge in [0.1, 0.15) is 0 Å². The van der Waals surface area contributed by atoms with Crippen LogP contribution in [-0.2, 0) is 19.5 Å². The minimum absolute atomic E-state index is 0.210. The van der Waals surface area contributed by atoms with Crippen molar-refractivity contribution in [2.24, 2.45) is 0 Å². The molecule has 0 aliphatic carbocycles. The number of hydrogen-bond acceptors (Lipinski definition) is 6. The van der Waals surface area contributed by atoms with E-state index in [0.29, 0.717) is 43.1 Å². The molecule has 3 saturated heterocycles. The summed E-state index contributed by atoms with van der Waals surface area (Å²) in [5.41, 5.74) is 0.826. The van der Waals surface area contributed by atoms with Crippen molar-refractivity contribution in [1.82, 2.24) is 9.21 Å². The smallest absolute Gasteiger partial charge is 0.243 e. The molecule has 1 spiro atoms. The Kier molecular flexibility index (Phi) is 5.47. The van der Waals surface area contributed by atoms with Gasteiger partial charge in [-0.15, -0.1) is 0 Å². The number of hydrogen-bond donors (Lipinski definition) is 0. The lowest BCUT2D eigenvalue weighted by atomic mass is 9.88. The third-order valence-electron chi connectivity index (χ3n) is 6.32. The maximum absolute atomic E-state index is 13.1. The molecule has 0 radical (unpaired) electrons. The number of morpholine rings is 1. The fourth-order valence-electron chi connectivity index (χ4n) is 4.57. The number of sulfonamides is 1. The van der Waals surface area contributed by atoms with Gasteiger partial charge in [0.15, 0.2) is 0 Å². The second-order valence-electron chi connectivity index (χ2n) is 8.00. The number of nitrogens with zero attached hydrogens (tertiary/aromatic N) is 3. The van der Waals surface area contributed by atoms with Crippen LogP contribution >= 0.6 is 0 Å². The zero-order valence-electron chi connectivity index (χ0n) is 16.3. The minimum Gasteiger partial charge on any atom is -0.379 e. The average Bonchev–Trinajstić information content (AvgIpc) is 3.13. The van der Waals surface area contributed by atoms with E-state index in [0.717, 1.165) is 39.3 Å². The normalized spacial score (nSPS) is 26.4. The molecule has 4 rings (SSSR count). The highest BCUT2D eigenvalue weighted by atomic mass is 32.2. The summed E-state index contributed by atoms with van der Waals surface area (Å²) in [6, 6.07) is 7.26. The fourth-order valence-corrected chi connectivity index (χ4v) is 6.26. The van der Waals surface area contributed by atoms with Gasteiger partial charge in [-0.1, -0.05) is 6.07 Å². The number of piperidine rings is 1. The molecule has 3 fully saturated rings. The standard InChI is InChI=1S/C20H27N3O4S/c1-16-2-3-17(14-21)12-19(16)28(24,25)23-6-4-20(5-7-23)13-18(15-27-20)22-8-10-26-11-9-22/h2-3,12,18H,4-11,13,15H2,1H3/t18-/m0/s1. The van der Waals surface area contributed by atoms with Crippen molar-refractivity contribution in [2.75, 3.05) is 46.0 Å². The van der Waals surface area contributed by atoms with Crippen LogP contribution in [0, 0.1) is 18.3 Å². The van der Waals surface area contributed by atoms with Gasteiger partial charge in [-0.05, 0) is 43.9 Å². The summed E-state index contributed by atoms with van der Waals surface area (Å²) in [6.45, 7) is 6.83. The third-order valence-corrected chi connectivity index (χ3v) is 8.36. The van der Waals surface area contributed by atoms with Crippen molar-refractivity contribution < 1.29 is 17.9 Å². The highest BCUT2D eigenvalue weighted by molar-refractivity contribution is 7.89. The summed E-state index contributed by atoms with van der Waals surface area (Å²) in [6.07, 6.45) is 2.39. The number of aryl methyl sites for hydroxylation is 1. The Bertz CT molecular complexity index is 866. The SMILES string of the molecule is Cc1ccc(C#N)cc1S(=O)(=O)N1CCC2(CC1)C[C@H](N1CCOCC1)CO2. The first-order valence-electron chi connectivity index (χ1n) is 9.90. The van der Waals surface area contributed by atoms with Crippen molar-refractivity contribution in [1.29, 1.82) is 5.26 Å². The van der Waals surface area contributed by atoms with Crippen LogP contribution in [0.25, 0.3) is 0 Å². The Morgan fingerprint density at radius 3 is 2.57 bits per heavy atom. The molecule has 1 aromatic carbocycles. The van der Waals surface area contributed by atoms with E-state index in [1.165, 1.54) is 6.07 Å². The summed E-state index contributed by atoms with van der Waals surface area (Å²) in [5, 5.41) is 9.11. The molecular weight excluding hydrogens is 378 g/mol. The second-order valence-corrected chi connectivity index (χ2v) is 9.90. The first-order valence-corrected chi connectivity index (χ1v) is 11.3. The van der Waals surface area contributed by atoms with Crippen molar-refractivity contribution in [2.45, 2.75) is 42.7 Å². The van der Waals surface area contributed by atoms with Crippen LogP contribution < -0.4 is 0 Å². The molecule has 0 N–H and O–H groups in total. The van der Waals surface area contributed by atoms with Gasteiger partial charge in [0.05, 0.1) is 41.9 Å². The van der Waals surface area contributed by atoms with Gasteiger partial charge in [-0.25, -0.2) is 8.42 Å². The van der Waals surface area contributed by atoms with Crippen LogP contribution in [-0.4, -0.2) is 75.3 Å². The Morgan fingerprint density at radius 1 is 1.18 bits per heavy atom. The Morgan fingerprint density at radius 2 is 1.89 bits per heavy atom. The average molecular weight is 406 g/mol. The molecule has 28 heavy (non-hydrogen) atoms. The second kappa shape index (κ2) is 7.73. The summed E-state index contributed by atoms with van der Waals surface area (Å²) >= 11 is 0. The first kappa shape index (κ1) is 19.8. The van der Waals surface area contributed by atoms with Gasteiger partial charge in [0.2, 0.25) is 10.0 Å². The molecule has 0 aromatic heterocycles. The van der Waals surface area contributed by atoms with E-state index in [4.69, 9.17) is 14.7 Å². The molecule has 1 aromatic rings. The molecule has 3 aliphatic heterocycles. The van der Waals surface area contributed by atoms with Crippen molar-refractivity contribution in [3.63, 3.8) is 0 Å². The van der Waals surface area contributed by atoms with E-state index in [9.17, 15) is 8.42 Å². The molecule has 152 valence electrons. The molecule has 3 heterocycles. The Hall–Kier alpha value is -1.50. The maximum Gasteiger partial charge on any atom is 0.243 e. The van der Waals surface area contributed by atoms with E-state index in [1.807, 2.05) is 6.07 Å². The Labute approximate surface area is 166 Å². The molecule has 0 bridgehead atoms. The van der Waals surface area contributed by atoms with Gasteiger partial charge in [0, 0.05) is 32.2 Å². The molecule has 0 amide bonds. The molecular formula is C20H27N3O4S. The number of nitriles is 1. The van der Waals surface area contributed by atoms with Gasteiger partial charge >= 0.3 is 0 Å². The predicted octanol–water partition coefficient (Wildman–Crippen LogP) is 1.51. The molecule has 3 aliphatic rings. The largest absolute Gasteiger partial charge is 0.379 e. The summed E-state index contributed by atoms with van der Waals surface area (Å²) in [5.74, 6) is 0. The number of rotatable bonds is 3. The van der Waals surface area contributed by atoms with Gasteiger partial charge in [-0.2, -0.15) is 9.57 Å². The van der Waals surface area contributed by atoms with Crippen LogP contribution in [0.1, 0.15) is 30.4 Å². The van der Waals surface area contributed by atoms with E-state index in [1.54, 1.807) is 23.4 Å². The van der Waals surface area contributed by atoms with Crippen LogP contribution in [0.4, 0.5) is 0 Å². The molecule has 0 saturated carbocycles. The lowest BCUT2D eigenvalue weighted by Gasteiger charge is -2.39. The lowest BCUT2D eigenvalue weighted by Crippen LogP contribution is -2.48. The van der Waals surface area contributed by atoms with E-state index < -0.39 is 10.0 Å². The molecule has 7 nitrogen and oxygen atoms in total.